The summed E-state index contributed by atoms with van der Waals surface area (Å²) in [7, 11) is -3.70. The molecule has 0 amide bonds. The molecule has 1 N–H and O–H groups in total. The van der Waals surface area contributed by atoms with Gasteiger partial charge in [-0.05, 0) is 43.0 Å². The average Bonchev–Trinajstić information content (AvgIpc) is 3.32. The Kier molecular flexibility index (Phi) is 6.17. The molecule has 1 aromatic heterocycles. The molecule has 1 fully saturated rings. The molecule has 2 aliphatic heterocycles. The van der Waals surface area contributed by atoms with Crippen molar-refractivity contribution in [3.8, 4) is 5.75 Å². The Hall–Kier alpha value is -2.42. The number of hydrogen-bond acceptors (Lipinski definition) is 6. The van der Waals surface area contributed by atoms with E-state index in [0.29, 0.717) is 29.4 Å². The summed E-state index contributed by atoms with van der Waals surface area (Å²) in [5.74, 6) is 1.00. The molecule has 0 aliphatic carbocycles. The minimum atomic E-state index is -3.70. The van der Waals surface area contributed by atoms with Gasteiger partial charge in [0.25, 0.3) is 10.0 Å². The molecule has 3 heterocycles. The molecule has 168 valence electrons. The number of rotatable bonds is 6. The fourth-order valence-corrected chi connectivity index (χ4v) is 6.60. The lowest BCUT2D eigenvalue weighted by atomic mass is 9.89. The van der Waals surface area contributed by atoms with Crippen LogP contribution in [0.4, 0.5) is 5.13 Å². The topological polar surface area (TPSA) is 71.5 Å². The first-order valence-corrected chi connectivity index (χ1v) is 13.4. The first kappa shape index (κ1) is 21.4. The molecule has 0 unspecified atom stereocenters. The summed E-state index contributed by atoms with van der Waals surface area (Å²) in [6.07, 6.45) is 6.17. The lowest BCUT2D eigenvalue weighted by Crippen LogP contribution is -2.37. The molecule has 5 rings (SSSR count). The molecule has 2 atom stereocenters. The zero-order valence-electron chi connectivity index (χ0n) is 17.8. The van der Waals surface area contributed by atoms with E-state index in [1.165, 1.54) is 36.2 Å². The maximum Gasteiger partial charge on any atom is 0.263 e. The second-order valence-corrected chi connectivity index (χ2v) is 11.0. The Morgan fingerprint density at radius 3 is 2.81 bits per heavy atom. The van der Waals surface area contributed by atoms with Gasteiger partial charge in [0.15, 0.2) is 5.13 Å². The Labute approximate surface area is 193 Å². The lowest BCUT2D eigenvalue weighted by Gasteiger charge is -2.39. The molecule has 1 saturated heterocycles. The van der Waals surface area contributed by atoms with Crippen LogP contribution < -0.4 is 9.46 Å². The smallest absolute Gasteiger partial charge is 0.263 e. The molecule has 0 radical (unpaired) electrons. The predicted octanol–water partition coefficient (Wildman–Crippen LogP) is 5.04. The van der Waals surface area contributed by atoms with Crippen LogP contribution in [0.2, 0.25) is 0 Å². The van der Waals surface area contributed by atoms with Gasteiger partial charge >= 0.3 is 0 Å². The summed E-state index contributed by atoms with van der Waals surface area (Å²) < 4.78 is 34.0. The zero-order valence-corrected chi connectivity index (χ0v) is 19.4. The maximum absolute atomic E-state index is 12.8. The van der Waals surface area contributed by atoms with Crippen LogP contribution in [0, 0.1) is 0 Å². The van der Waals surface area contributed by atoms with Crippen molar-refractivity contribution in [2.75, 3.05) is 24.4 Å². The molecule has 8 heteroatoms. The highest BCUT2D eigenvalue weighted by Gasteiger charge is 2.30. The third kappa shape index (κ3) is 4.53. The number of thiazole rings is 1. The first-order chi connectivity index (χ1) is 15.6. The van der Waals surface area contributed by atoms with Gasteiger partial charge in [-0.25, -0.2) is 13.4 Å². The van der Waals surface area contributed by atoms with E-state index in [0.717, 1.165) is 25.1 Å². The van der Waals surface area contributed by atoms with Crippen LogP contribution in [0.3, 0.4) is 0 Å². The molecule has 0 spiro atoms. The molecule has 2 aliphatic rings. The zero-order chi connectivity index (χ0) is 22.0. The second kappa shape index (κ2) is 9.21. The van der Waals surface area contributed by atoms with E-state index >= 15 is 0 Å². The Bertz CT molecular complexity index is 1150. The van der Waals surface area contributed by atoms with Crippen molar-refractivity contribution in [3.63, 3.8) is 0 Å². The number of anilines is 1. The number of piperidine rings is 1. The molecule has 6 nitrogen and oxygen atoms in total. The van der Waals surface area contributed by atoms with Crippen LogP contribution in [0.15, 0.2) is 65.0 Å². The number of likely N-dealkylation sites (tertiary alicyclic amines) is 1. The summed E-state index contributed by atoms with van der Waals surface area (Å²) >= 11 is 1.25. The Morgan fingerprint density at radius 1 is 1.12 bits per heavy atom. The monoisotopic (exact) mass is 469 g/mol. The van der Waals surface area contributed by atoms with Crippen LogP contribution in [0.1, 0.15) is 48.8 Å². The molecular weight excluding hydrogens is 442 g/mol. The number of nitrogens with zero attached hydrogens (tertiary/aromatic N) is 2. The van der Waals surface area contributed by atoms with Crippen LogP contribution in [0.25, 0.3) is 0 Å². The molecule has 2 aromatic carbocycles. The summed E-state index contributed by atoms with van der Waals surface area (Å²) in [6.45, 7) is 2.65. The molecule has 32 heavy (non-hydrogen) atoms. The van der Waals surface area contributed by atoms with E-state index in [1.54, 1.807) is 23.7 Å². The molecule has 3 aromatic rings. The van der Waals surface area contributed by atoms with Gasteiger partial charge < -0.3 is 4.74 Å². The Balaban J connectivity index is 1.36. The van der Waals surface area contributed by atoms with E-state index in [1.807, 2.05) is 6.07 Å². The van der Waals surface area contributed by atoms with E-state index in [9.17, 15) is 8.42 Å². The van der Waals surface area contributed by atoms with E-state index in [2.05, 4.69) is 44.9 Å². The number of sulfonamides is 1. The summed E-state index contributed by atoms with van der Waals surface area (Å²) in [5, 5.41) is 2.10. The number of benzene rings is 2. The van der Waals surface area contributed by atoms with Gasteiger partial charge in [0.1, 0.15) is 5.75 Å². The SMILES string of the molecule is O=S(=O)(Nc1nccs1)c1ccc2c(c1)OCC[C@H]2CN1CCCC[C@H]1c1ccccc1. The van der Waals surface area contributed by atoms with Crippen molar-refractivity contribution in [1.82, 2.24) is 9.88 Å². The second-order valence-electron chi connectivity index (χ2n) is 8.39. The predicted molar refractivity (Wildman–Crippen MR) is 127 cm³/mol. The van der Waals surface area contributed by atoms with Gasteiger partial charge in [0.05, 0.1) is 11.5 Å². The van der Waals surface area contributed by atoms with Crippen molar-refractivity contribution in [1.29, 1.82) is 0 Å². The molecule has 0 bridgehead atoms. The fraction of sp³-hybridized carbons (Fsp3) is 0.375. The average molecular weight is 470 g/mol. The molecular formula is C24H27N3O3S2. The van der Waals surface area contributed by atoms with Gasteiger partial charge in [-0.3, -0.25) is 9.62 Å². The number of nitrogens with one attached hydrogen (secondary N) is 1. The Morgan fingerprint density at radius 2 is 2.00 bits per heavy atom. The highest BCUT2D eigenvalue weighted by atomic mass is 32.2. The van der Waals surface area contributed by atoms with Crippen molar-refractivity contribution >= 4 is 26.5 Å². The van der Waals surface area contributed by atoms with Gasteiger partial charge in [-0.1, -0.05) is 42.8 Å². The standard InChI is InChI=1S/C24H27N3O3S2/c28-32(29,26-24-25-12-15-31-24)20-9-10-21-19(11-14-30-23(21)16-20)17-27-13-5-4-8-22(27)18-6-2-1-3-7-18/h1-3,6-7,9-10,12,15-16,19,22H,4-5,8,11,13-14,17H2,(H,25,26)/t19-,22-/m0/s1. The van der Waals surface area contributed by atoms with Gasteiger partial charge in [0.2, 0.25) is 0 Å². The third-order valence-electron chi connectivity index (χ3n) is 6.37. The maximum atomic E-state index is 12.8. The summed E-state index contributed by atoms with van der Waals surface area (Å²) in [4.78, 5) is 6.82. The van der Waals surface area contributed by atoms with Crippen LogP contribution in [-0.4, -0.2) is 38.0 Å². The lowest BCUT2D eigenvalue weighted by molar-refractivity contribution is 0.127. The van der Waals surface area contributed by atoms with Crippen LogP contribution >= 0.6 is 11.3 Å². The highest BCUT2D eigenvalue weighted by Crippen LogP contribution is 2.39. The van der Waals surface area contributed by atoms with E-state index < -0.39 is 10.0 Å². The number of hydrogen-bond donors (Lipinski definition) is 1. The van der Waals surface area contributed by atoms with Crippen LogP contribution in [-0.2, 0) is 10.0 Å². The largest absolute Gasteiger partial charge is 0.493 e. The van der Waals surface area contributed by atoms with Gasteiger partial charge in [0, 0.05) is 36.1 Å². The van der Waals surface area contributed by atoms with Crippen molar-refractivity contribution in [3.05, 3.63) is 71.2 Å². The van der Waals surface area contributed by atoms with Gasteiger partial charge in [-0.15, -0.1) is 11.3 Å². The first-order valence-electron chi connectivity index (χ1n) is 11.1. The minimum absolute atomic E-state index is 0.201. The van der Waals surface area contributed by atoms with E-state index in [4.69, 9.17) is 4.74 Å². The summed E-state index contributed by atoms with van der Waals surface area (Å²) in [6, 6.07) is 16.5. The quantitative estimate of drug-likeness (QED) is 0.548. The van der Waals surface area contributed by atoms with E-state index in [-0.39, 0.29) is 4.90 Å². The number of fused-ring (bicyclic) bond motifs is 1. The van der Waals surface area contributed by atoms with Gasteiger partial charge in [-0.2, -0.15) is 0 Å². The third-order valence-corrected chi connectivity index (χ3v) is 8.52. The number of ether oxygens (including phenoxy) is 1. The van der Waals surface area contributed by atoms with Crippen molar-refractivity contribution in [2.24, 2.45) is 0 Å². The van der Waals surface area contributed by atoms with Crippen LogP contribution in [0.5, 0.6) is 5.75 Å². The summed E-state index contributed by atoms with van der Waals surface area (Å²) in [5.41, 5.74) is 2.48. The number of aromatic nitrogens is 1. The fourth-order valence-electron chi connectivity index (χ4n) is 4.79. The van der Waals surface area contributed by atoms with Crippen molar-refractivity contribution < 1.29 is 13.2 Å². The molecule has 0 saturated carbocycles. The highest BCUT2D eigenvalue weighted by molar-refractivity contribution is 7.93. The van der Waals surface area contributed by atoms with Crippen molar-refractivity contribution in [2.45, 2.75) is 42.5 Å². The normalized spacial score (nSPS) is 21.5. The minimum Gasteiger partial charge on any atom is -0.493 e.